The Morgan fingerprint density at radius 1 is 0.200 bits per heavy atom. The summed E-state index contributed by atoms with van der Waals surface area (Å²) >= 11 is 3.80. The van der Waals surface area contributed by atoms with Crippen molar-refractivity contribution in [1.82, 2.24) is 13.7 Å². The molecular formula is C94H56N4S2. The molecule has 22 rings (SSSR count). The van der Waals surface area contributed by atoms with Crippen molar-refractivity contribution >= 4 is 189 Å². The van der Waals surface area contributed by atoms with Gasteiger partial charge in [-0.25, -0.2) is 0 Å². The van der Waals surface area contributed by atoms with E-state index in [2.05, 4.69) is 358 Å². The molecule has 0 spiro atoms. The summed E-state index contributed by atoms with van der Waals surface area (Å²) in [5.74, 6) is 0. The number of rotatable bonds is 8. The predicted molar refractivity (Wildman–Crippen MR) is 431 cm³/mol. The van der Waals surface area contributed by atoms with Gasteiger partial charge in [0.15, 0.2) is 0 Å². The molecule has 22 aromatic rings. The smallest absolute Gasteiger partial charge is 0.0726 e. The molecule has 5 heterocycles. The lowest BCUT2D eigenvalue weighted by molar-refractivity contribution is 1.17. The van der Waals surface area contributed by atoms with Crippen LogP contribution in [0.15, 0.2) is 340 Å². The molecule has 0 aliphatic carbocycles. The van der Waals surface area contributed by atoms with E-state index in [0.717, 1.165) is 61.8 Å². The summed E-state index contributed by atoms with van der Waals surface area (Å²) in [6.45, 7) is 0. The molecule has 0 aliphatic heterocycles. The normalized spacial score (nSPS) is 12.2. The highest BCUT2D eigenvalue weighted by Gasteiger charge is 2.26. The fourth-order valence-electron chi connectivity index (χ4n) is 16.9. The maximum atomic E-state index is 2.61. The highest BCUT2D eigenvalue weighted by Crippen LogP contribution is 2.52. The number of fused-ring (bicyclic) bond motifs is 25. The van der Waals surface area contributed by atoms with Crippen molar-refractivity contribution in [3.05, 3.63) is 340 Å². The summed E-state index contributed by atoms with van der Waals surface area (Å²) in [5.41, 5.74) is 18.5. The zero-order valence-corrected chi connectivity index (χ0v) is 55.6. The van der Waals surface area contributed by atoms with Gasteiger partial charge < -0.3 is 18.6 Å². The highest BCUT2D eigenvalue weighted by atomic mass is 32.1. The molecule has 17 aromatic carbocycles. The summed E-state index contributed by atoms with van der Waals surface area (Å²) in [7, 11) is 0. The van der Waals surface area contributed by atoms with E-state index >= 15 is 0 Å². The van der Waals surface area contributed by atoms with Crippen molar-refractivity contribution in [2.75, 3.05) is 4.90 Å². The molecule has 0 atom stereocenters. The maximum absolute atomic E-state index is 2.61. The Kier molecular flexibility index (Phi) is 11.9. The first-order valence-corrected chi connectivity index (χ1v) is 35.9. The third-order valence-corrected chi connectivity index (χ3v) is 23.6. The van der Waals surface area contributed by atoms with E-state index in [1.807, 2.05) is 22.7 Å². The third kappa shape index (κ3) is 8.14. The minimum atomic E-state index is 1.10. The SMILES string of the molecule is c1ccc(N(c2ccc(-c3ccc4c(c3)c3c5ccccc5c5c6cc7c8ccccc8c8ccccc8c7cc6sc5c3n4-c3ccc4c(c3)c3cc(-c5ccc6c(c5)c5ccccc5n6-c5ccccc5)ccc3n4-c3ccccc3)cc2)c2ccc3sc4ccccc4c3c2)cc1. The minimum absolute atomic E-state index is 1.10. The van der Waals surface area contributed by atoms with Gasteiger partial charge in [0.25, 0.3) is 0 Å². The van der Waals surface area contributed by atoms with E-state index in [4.69, 9.17) is 0 Å². The Morgan fingerprint density at radius 3 is 1.29 bits per heavy atom. The lowest BCUT2D eigenvalue weighted by atomic mass is 9.92. The highest BCUT2D eigenvalue weighted by molar-refractivity contribution is 7.27. The second-order valence-electron chi connectivity index (χ2n) is 26.6. The van der Waals surface area contributed by atoms with Gasteiger partial charge in [-0.15, -0.1) is 22.7 Å². The third-order valence-electron chi connectivity index (χ3n) is 21.3. The van der Waals surface area contributed by atoms with Crippen LogP contribution in [0.2, 0.25) is 0 Å². The molecule has 0 unspecified atom stereocenters. The van der Waals surface area contributed by atoms with Crippen LogP contribution >= 0.6 is 22.7 Å². The molecule has 0 fully saturated rings. The van der Waals surface area contributed by atoms with Gasteiger partial charge in [-0.1, -0.05) is 194 Å². The van der Waals surface area contributed by atoms with Gasteiger partial charge >= 0.3 is 0 Å². The Bertz CT molecular complexity index is 7190. The maximum Gasteiger partial charge on any atom is 0.0726 e. The molecule has 464 valence electrons. The van der Waals surface area contributed by atoms with Gasteiger partial charge in [-0.2, -0.15) is 0 Å². The molecule has 0 aliphatic rings. The van der Waals surface area contributed by atoms with Gasteiger partial charge in [0.1, 0.15) is 0 Å². The van der Waals surface area contributed by atoms with Crippen LogP contribution in [0.25, 0.3) is 188 Å². The summed E-state index contributed by atoms with van der Waals surface area (Å²) in [4.78, 5) is 2.39. The molecule has 0 saturated heterocycles. The Balaban J connectivity index is 0.781. The Morgan fingerprint density at radius 2 is 0.640 bits per heavy atom. The monoisotopic (exact) mass is 1300 g/mol. The number of thiophene rings is 2. The molecule has 5 aromatic heterocycles. The average Bonchev–Trinajstić information content (AvgIpc) is 1.51. The lowest BCUT2D eigenvalue weighted by Crippen LogP contribution is -2.09. The van der Waals surface area contributed by atoms with Crippen molar-refractivity contribution in [3.63, 3.8) is 0 Å². The summed E-state index contributed by atoms with van der Waals surface area (Å²) < 4.78 is 12.6. The zero-order chi connectivity index (χ0) is 65.3. The topological polar surface area (TPSA) is 18.0 Å². The summed E-state index contributed by atoms with van der Waals surface area (Å²) in [5, 5.41) is 22.7. The van der Waals surface area contributed by atoms with Crippen LogP contribution in [0, 0.1) is 0 Å². The number of hydrogen-bond acceptors (Lipinski definition) is 3. The van der Waals surface area contributed by atoms with Gasteiger partial charge in [0.2, 0.25) is 0 Å². The van der Waals surface area contributed by atoms with E-state index < -0.39 is 0 Å². The molecular weight excluding hydrogens is 1250 g/mol. The first-order valence-electron chi connectivity index (χ1n) is 34.3. The quantitative estimate of drug-likeness (QED) is 0.139. The first-order chi connectivity index (χ1) is 49.6. The van der Waals surface area contributed by atoms with Crippen LogP contribution in [-0.2, 0) is 0 Å². The summed E-state index contributed by atoms with van der Waals surface area (Å²) in [6, 6.07) is 127. The molecule has 0 amide bonds. The fourth-order valence-corrected chi connectivity index (χ4v) is 19.3. The lowest BCUT2D eigenvalue weighted by Gasteiger charge is -2.26. The minimum Gasteiger partial charge on any atom is -0.310 e. The number of para-hydroxylation sites is 4. The first kappa shape index (κ1) is 55.5. The number of nitrogens with zero attached hydrogens (tertiary/aromatic N) is 4. The van der Waals surface area contributed by atoms with Crippen molar-refractivity contribution in [2.45, 2.75) is 0 Å². The van der Waals surface area contributed by atoms with E-state index in [0.29, 0.717) is 0 Å². The second kappa shape index (κ2) is 21.5. The van der Waals surface area contributed by atoms with Crippen molar-refractivity contribution in [1.29, 1.82) is 0 Å². The van der Waals surface area contributed by atoms with Gasteiger partial charge in [0, 0.05) is 102 Å². The predicted octanol–water partition coefficient (Wildman–Crippen LogP) is 27.1. The van der Waals surface area contributed by atoms with Crippen LogP contribution in [0.1, 0.15) is 0 Å². The van der Waals surface area contributed by atoms with Crippen LogP contribution < -0.4 is 4.90 Å². The number of anilines is 3. The number of benzene rings is 17. The van der Waals surface area contributed by atoms with E-state index in [1.165, 1.54) is 143 Å². The van der Waals surface area contributed by atoms with Crippen LogP contribution in [0.4, 0.5) is 17.1 Å². The molecule has 0 N–H and O–H groups in total. The van der Waals surface area contributed by atoms with Crippen molar-refractivity contribution in [2.24, 2.45) is 0 Å². The molecule has 100 heavy (non-hydrogen) atoms. The molecule has 0 radical (unpaired) electrons. The van der Waals surface area contributed by atoms with E-state index in [1.54, 1.807) is 0 Å². The number of hydrogen-bond donors (Lipinski definition) is 0. The largest absolute Gasteiger partial charge is 0.310 e. The zero-order valence-electron chi connectivity index (χ0n) is 53.9. The molecule has 0 saturated carbocycles. The summed E-state index contributed by atoms with van der Waals surface area (Å²) in [6.07, 6.45) is 0. The van der Waals surface area contributed by atoms with Crippen LogP contribution in [-0.4, -0.2) is 13.7 Å². The fraction of sp³-hybridized carbons (Fsp3) is 0. The average molecular weight is 1310 g/mol. The van der Waals surface area contributed by atoms with Crippen molar-refractivity contribution < 1.29 is 0 Å². The molecule has 0 bridgehead atoms. The van der Waals surface area contributed by atoms with Gasteiger partial charge in [0.05, 0.1) is 37.8 Å². The molecule has 4 nitrogen and oxygen atoms in total. The van der Waals surface area contributed by atoms with Crippen LogP contribution in [0.5, 0.6) is 0 Å². The second-order valence-corrected chi connectivity index (χ2v) is 28.8. The Labute approximate surface area is 582 Å². The van der Waals surface area contributed by atoms with E-state index in [-0.39, 0.29) is 0 Å². The van der Waals surface area contributed by atoms with E-state index in [9.17, 15) is 0 Å². The van der Waals surface area contributed by atoms with Crippen molar-refractivity contribution in [3.8, 4) is 39.3 Å². The van der Waals surface area contributed by atoms with Gasteiger partial charge in [-0.05, 0) is 211 Å². The van der Waals surface area contributed by atoms with Gasteiger partial charge in [-0.3, -0.25) is 0 Å². The van der Waals surface area contributed by atoms with Crippen LogP contribution in [0.3, 0.4) is 0 Å². The molecule has 6 heteroatoms. The Hall–Kier alpha value is -12.6. The standard InChI is InChI=1S/C94H56N4S2/c1-4-20-61(21-5-1)95(65-44-49-89-80(54-65)72-31-17-19-35-88(72)99-89)64-41-36-57(37-42-64)58-38-47-87-81(52-58)91-73-32-14-15-33-74(73)92-82-55-75-69-28-12-10-26-67(69)68-27-11-13-29-70(68)76(75)56-90(82)100-94(92)93(91)98(87)66-43-48-86-79(53-66)78-51-60(40-46-85(78)97(86)63-24-8-3-9-25-63)59-39-45-84-77(50-59)71-30-16-18-34-83(71)96(84)62-22-6-2-7-23-62/h1-56H. The number of aromatic nitrogens is 3.